The van der Waals surface area contributed by atoms with Crippen molar-refractivity contribution in [3.05, 3.63) is 70.8 Å². The van der Waals surface area contributed by atoms with E-state index in [-0.39, 0.29) is 11.8 Å². The predicted molar refractivity (Wildman–Crippen MR) is 93.7 cm³/mol. The van der Waals surface area contributed by atoms with E-state index in [1.165, 1.54) is 11.1 Å². The summed E-state index contributed by atoms with van der Waals surface area (Å²) >= 11 is 0. The molecule has 0 spiro atoms. The molecule has 0 amide bonds. The molecule has 3 rings (SSSR count). The highest BCUT2D eigenvalue weighted by Gasteiger charge is 2.35. The maximum atomic E-state index is 12.9. The minimum atomic E-state index is -3.30. The number of nitrogens with zero attached hydrogens (tertiary/aromatic N) is 1. The lowest BCUT2D eigenvalue weighted by molar-refractivity contribution is 0.396. The summed E-state index contributed by atoms with van der Waals surface area (Å²) < 4.78 is 27.5. The Hall–Kier alpha value is -1.65. The van der Waals surface area contributed by atoms with Crippen LogP contribution in [-0.4, -0.2) is 19.3 Å². The lowest BCUT2D eigenvalue weighted by Gasteiger charge is -2.25. The molecule has 0 aromatic heterocycles. The van der Waals surface area contributed by atoms with Crippen LogP contribution in [0.2, 0.25) is 0 Å². The van der Waals surface area contributed by atoms with E-state index in [1.54, 1.807) is 4.31 Å². The molecule has 0 aliphatic carbocycles. The molecule has 1 aliphatic heterocycles. The maximum absolute atomic E-state index is 12.9. The fraction of sp³-hybridized carbons (Fsp3) is 0.368. The molecule has 122 valence electrons. The van der Waals surface area contributed by atoms with Crippen molar-refractivity contribution in [2.24, 2.45) is 0 Å². The Morgan fingerprint density at radius 2 is 1.70 bits per heavy atom. The Balaban J connectivity index is 1.88. The van der Waals surface area contributed by atoms with E-state index in [2.05, 4.69) is 32.0 Å². The molecule has 1 aliphatic rings. The first kappa shape index (κ1) is 16.2. The van der Waals surface area contributed by atoms with Crippen molar-refractivity contribution in [3.8, 4) is 0 Å². The topological polar surface area (TPSA) is 37.4 Å². The van der Waals surface area contributed by atoms with Crippen molar-refractivity contribution >= 4 is 10.0 Å². The molecule has 0 radical (unpaired) electrons. The van der Waals surface area contributed by atoms with Crippen molar-refractivity contribution in [1.29, 1.82) is 0 Å². The number of sulfonamides is 1. The molecule has 1 atom stereocenters. The second-order valence-corrected chi connectivity index (χ2v) is 8.35. The van der Waals surface area contributed by atoms with Gasteiger partial charge in [0.1, 0.15) is 0 Å². The predicted octanol–water partition coefficient (Wildman–Crippen LogP) is 3.97. The normalized spacial score (nSPS) is 19.1. The third-order valence-corrected chi connectivity index (χ3v) is 6.23. The highest BCUT2D eigenvalue weighted by atomic mass is 32.2. The summed E-state index contributed by atoms with van der Waals surface area (Å²) in [5, 5.41) is 0. The monoisotopic (exact) mass is 329 g/mol. The quantitative estimate of drug-likeness (QED) is 0.851. The number of hydrogen-bond acceptors (Lipinski definition) is 2. The highest BCUT2D eigenvalue weighted by molar-refractivity contribution is 7.88. The zero-order valence-corrected chi connectivity index (χ0v) is 14.5. The van der Waals surface area contributed by atoms with Crippen LogP contribution < -0.4 is 0 Å². The van der Waals surface area contributed by atoms with Crippen LogP contribution in [-0.2, 0) is 15.8 Å². The summed E-state index contributed by atoms with van der Waals surface area (Å²) in [6.45, 7) is 4.75. The summed E-state index contributed by atoms with van der Waals surface area (Å²) in [6, 6.07) is 15.8. The molecule has 23 heavy (non-hydrogen) atoms. The van der Waals surface area contributed by atoms with Crippen LogP contribution in [0, 0.1) is 13.8 Å². The number of hydrogen-bond donors (Lipinski definition) is 0. The van der Waals surface area contributed by atoms with Gasteiger partial charge in [-0.1, -0.05) is 59.7 Å². The second-order valence-electron chi connectivity index (χ2n) is 6.43. The molecule has 2 aromatic rings. The van der Waals surface area contributed by atoms with E-state index in [0.29, 0.717) is 6.54 Å². The van der Waals surface area contributed by atoms with Gasteiger partial charge < -0.3 is 0 Å². The first-order valence-electron chi connectivity index (χ1n) is 8.07. The van der Waals surface area contributed by atoms with Gasteiger partial charge in [-0.15, -0.1) is 0 Å². The van der Waals surface area contributed by atoms with Crippen molar-refractivity contribution in [2.45, 2.75) is 38.5 Å². The molecular formula is C19H23NO2S. The molecule has 2 aromatic carbocycles. The Kier molecular flexibility index (Phi) is 4.55. The Morgan fingerprint density at radius 1 is 1.04 bits per heavy atom. The zero-order chi connectivity index (χ0) is 16.4. The van der Waals surface area contributed by atoms with E-state index < -0.39 is 10.0 Å². The van der Waals surface area contributed by atoms with E-state index in [9.17, 15) is 8.42 Å². The second kappa shape index (κ2) is 6.46. The van der Waals surface area contributed by atoms with Gasteiger partial charge in [0.25, 0.3) is 0 Å². The summed E-state index contributed by atoms with van der Waals surface area (Å²) in [5.74, 6) is 0.0785. The average Bonchev–Trinajstić information content (AvgIpc) is 2.97. The minimum Gasteiger partial charge on any atom is -0.212 e. The lowest BCUT2D eigenvalue weighted by Crippen LogP contribution is -2.31. The van der Waals surface area contributed by atoms with Crippen LogP contribution in [0.15, 0.2) is 48.5 Å². The van der Waals surface area contributed by atoms with E-state index in [1.807, 2.05) is 30.3 Å². The summed E-state index contributed by atoms with van der Waals surface area (Å²) in [6.07, 6.45) is 1.82. The first-order valence-corrected chi connectivity index (χ1v) is 9.68. The average molecular weight is 329 g/mol. The Morgan fingerprint density at radius 3 is 2.35 bits per heavy atom. The standard InChI is InChI=1S/C19H23NO2S/c1-15-11-16(2)13-18(12-15)19-9-6-10-20(19)23(21,22)14-17-7-4-3-5-8-17/h3-5,7-8,11-13,19H,6,9-10,14H2,1-2H3. The van der Waals surface area contributed by atoms with Crippen LogP contribution in [0.1, 0.15) is 41.1 Å². The van der Waals surface area contributed by atoms with Gasteiger partial charge in [-0.2, -0.15) is 4.31 Å². The Labute approximate surface area is 139 Å². The highest BCUT2D eigenvalue weighted by Crippen LogP contribution is 2.36. The molecule has 0 bridgehead atoms. The van der Waals surface area contributed by atoms with Crippen LogP contribution in [0.5, 0.6) is 0 Å². The summed E-state index contributed by atoms with van der Waals surface area (Å²) in [7, 11) is -3.30. The molecular weight excluding hydrogens is 306 g/mol. The Bertz CT molecular complexity index is 764. The van der Waals surface area contributed by atoms with Crippen molar-refractivity contribution in [2.75, 3.05) is 6.54 Å². The number of benzene rings is 2. The number of rotatable bonds is 4. The first-order chi connectivity index (χ1) is 11.0. The molecule has 4 heteroatoms. The molecule has 1 saturated heterocycles. The molecule has 1 unspecified atom stereocenters. The third kappa shape index (κ3) is 3.65. The van der Waals surface area contributed by atoms with Crippen LogP contribution in [0.25, 0.3) is 0 Å². The van der Waals surface area contributed by atoms with Gasteiger partial charge in [-0.3, -0.25) is 0 Å². The van der Waals surface area contributed by atoms with Crippen LogP contribution in [0.3, 0.4) is 0 Å². The van der Waals surface area contributed by atoms with Gasteiger partial charge in [0.15, 0.2) is 0 Å². The van der Waals surface area contributed by atoms with Gasteiger partial charge in [-0.05, 0) is 37.8 Å². The zero-order valence-electron chi connectivity index (χ0n) is 13.7. The van der Waals surface area contributed by atoms with Gasteiger partial charge in [0, 0.05) is 12.6 Å². The smallest absolute Gasteiger partial charge is 0.212 e. The lowest BCUT2D eigenvalue weighted by atomic mass is 10.0. The maximum Gasteiger partial charge on any atom is 0.218 e. The molecule has 0 N–H and O–H groups in total. The largest absolute Gasteiger partial charge is 0.218 e. The van der Waals surface area contributed by atoms with Crippen molar-refractivity contribution < 1.29 is 8.42 Å². The fourth-order valence-electron chi connectivity index (χ4n) is 3.48. The van der Waals surface area contributed by atoms with E-state index in [0.717, 1.165) is 24.0 Å². The third-order valence-electron chi connectivity index (χ3n) is 4.38. The summed E-state index contributed by atoms with van der Waals surface area (Å²) in [5.41, 5.74) is 4.34. The van der Waals surface area contributed by atoms with E-state index >= 15 is 0 Å². The fourth-order valence-corrected chi connectivity index (χ4v) is 5.28. The van der Waals surface area contributed by atoms with Crippen molar-refractivity contribution in [1.82, 2.24) is 4.31 Å². The van der Waals surface area contributed by atoms with Gasteiger partial charge in [0.2, 0.25) is 10.0 Å². The summed E-state index contributed by atoms with van der Waals surface area (Å²) in [4.78, 5) is 0. The van der Waals surface area contributed by atoms with Crippen LogP contribution >= 0.6 is 0 Å². The van der Waals surface area contributed by atoms with Gasteiger partial charge >= 0.3 is 0 Å². The SMILES string of the molecule is Cc1cc(C)cc(C2CCCN2S(=O)(=O)Cc2ccccc2)c1. The molecule has 0 saturated carbocycles. The van der Waals surface area contributed by atoms with Crippen molar-refractivity contribution in [3.63, 3.8) is 0 Å². The molecule has 1 heterocycles. The molecule has 1 fully saturated rings. The number of aryl methyl sites for hydroxylation is 2. The van der Waals surface area contributed by atoms with Gasteiger partial charge in [-0.25, -0.2) is 8.42 Å². The molecule has 3 nitrogen and oxygen atoms in total. The van der Waals surface area contributed by atoms with E-state index in [4.69, 9.17) is 0 Å². The van der Waals surface area contributed by atoms with Gasteiger partial charge in [0.05, 0.1) is 5.75 Å². The van der Waals surface area contributed by atoms with Crippen LogP contribution in [0.4, 0.5) is 0 Å². The minimum absolute atomic E-state index is 0.0256.